The lowest BCUT2D eigenvalue weighted by Crippen LogP contribution is -2.38. The van der Waals surface area contributed by atoms with Gasteiger partial charge in [0.05, 0.1) is 18.7 Å². The molecule has 1 saturated heterocycles. The third-order valence-electron chi connectivity index (χ3n) is 7.95. The molecule has 5 nitrogen and oxygen atoms in total. The summed E-state index contributed by atoms with van der Waals surface area (Å²) in [7, 11) is 0. The molecule has 2 aromatic carbocycles. The smallest absolute Gasteiger partial charge is 0.307 e. The number of nitrogens with zero attached hydrogens (tertiary/aromatic N) is 2. The fraction of sp³-hybridized carbons (Fsp3) is 0.400. The number of alkyl halides is 2. The number of piperidine rings is 1. The second-order valence-electron chi connectivity index (χ2n) is 10.5. The van der Waals surface area contributed by atoms with Gasteiger partial charge in [0, 0.05) is 53.9 Å². The Morgan fingerprint density at radius 3 is 2.24 bits per heavy atom. The molecule has 8 heteroatoms. The van der Waals surface area contributed by atoms with Crippen LogP contribution in [0, 0.1) is 25.1 Å². The number of aryl methyl sites for hydroxylation is 2. The molecule has 2 fully saturated rings. The average Bonchev–Trinajstić information content (AvgIpc) is 3.41. The number of anilines is 1. The van der Waals surface area contributed by atoms with Crippen LogP contribution in [0.2, 0.25) is 0 Å². The summed E-state index contributed by atoms with van der Waals surface area (Å²) in [5, 5.41) is 9.64. The molecule has 1 aliphatic heterocycles. The van der Waals surface area contributed by atoms with Crippen molar-refractivity contribution in [3.8, 4) is 16.9 Å². The molecule has 1 spiro atoms. The molecular weight excluding hydrogens is 493 g/mol. The maximum absolute atomic E-state index is 14.0. The Hall–Kier alpha value is -3.55. The van der Waals surface area contributed by atoms with Crippen LogP contribution in [0.25, 0.3) is 11.1 Å². The lowest BCUT2D eigenvalue weighted by atomic mass is 9.89. The highest BCUT2D eigenvalue weighted by molar-refractivity contribution is 5.86. The zero-order valence-electron chi connectivity index (χ0n) is 21.6. The van der Waals surface area contributed by atoms with Gasteiger partial charge in [-0.1, -0.05) is 24.3 Å². The van der Waals surface area contributed by atoms with Gasteiger partial charge >= 0.3 is 5.97 Å². The first-order valence-electron chi connectivity index (χ1n) is 12.9. The second-order valence-corrected chi connectivity index (χ2v) is 10.5. The minimum atomic E-state index is -2.59. The Kier molecular flexibility index (Phi) is 6.84. The standard InChI is InChI=1S/C30H31F3N2O3/c1-19-25(17-26(36)37)28(35-14-12-29(13-15-35)18-30(29,32)33)27(20(2)34-19)22-5-9-24(10-6-22)38-16-11-21-3-7-23(31)8-4-21/h3-10H,11-18H2,1-2H3,(H,36,37). The Labute approximate surface area is 220 Å². The molecule has 0 atom stereocenters. The molecular formula is C30H31F3N2O3. The van der Waals surface area contributed by atoms with Gasteiger partial charge in [0.15, 0.2) is 0 Å². The van der Waals surface area contributed by atoms with Gasteiger partial charge in [-0.15, -0.1) is 0 Å². The first-order valence-corrected chi connectivity index (χ1v) is 12.9. The molecule has 1 N–H and O–H groups in total. The molecule has 200 valence electrons. The number of pyridine rings is 1. The second kappa shape index (κ2) is 9.97. The molecule has 38 heavy (non-hydrogen) atoms. The summed E-state index contributed by atoms with van der Waals surface area (Å²) in [6.07, 6.45) is 1.16. The molecule has 5 rings (SSSR count). The van der Waals surface area contributed by atoms with E-state index >= 15 is 0 Å². The first kappa shape index (κ1) is 26.1. The van der Waals surface area contributed by atoms with Crippen molar-refractivity contribution in [2.45, 2.75) is 51.9 Å². The van der Waals surface area contributed by atoms with Crippen LogP contribution in [0.15, 0.2) is 48.5 Å². The van der Waals surface area contributed by atoms with E-state index < -0.39 is 17.3 Å². The van der Waals surface area contributed by atoms with Crippen LogP contribution in [0.3, 0.4) is 0 Å². The van der Waals surface area contributed by atoms with Crippen molar-refractivity contribution < 1.29 is 27.8 Å². The van der Waals surface area contributed by atoms with Gasteiger partial charge < -0.3 is 14.7 Å². The molecule has 1 saturated carbocycles. The van der Waals surface area contributed by atoms with Gasteiger partial charge in [-0.3, -0.25) is 9.78 Å². The van der Waals surface area contributed by atoms with Crippen LogP contribution in [0.1, 0.15) is 41.8 Å². The summed E-state index contributed by atoms with van der Waals surface area (Å²) in [6, 6.07) is 13.9. The van der Waals surface area contributed by atoms with Crippen molar-refractivity contribution in [2.75, 3.05) is 24.6 Å². The maximum atomic E-state index is 14.0. The SMILES string of the molecule is Cc1nc(C)c(-c2ccc(OCCc3ccc(F)cc3)cc2)c(N2CCC3(CC2)CC3(F)F)c1CC(=O)O. The lowest BCUT2D eigenvalue weighted by molar-refractivity contribution is -0.136. The van der Waals surface area contributed by atoms with E-state index in [0.29, 0.717) is 56.0 Å². The number of hydrogen-bond donors (Lipinski definition) is 1. The quantitative estimate of drug-likeness (QED) is 0.371. The van der Waals surface area contributed by atoms with Crippen LogP contribution < -0.4 is 9.64 Å². The number of aliphatic carboxylic acids is 1. The van der Waals surface area contributed by atoms with E-state index in [9.17, 15) is 23.1 Å². The van der Waals surface area contributed by atoms with E-state index in [1.54, 1.807) is 19.1 Å². The zero-order valence-corrected chi connectivity index (χ0v) is 21.6. The van der Waals surface area contributed by atoms with Gasteiger partial charge in [-0.05, 0) is 62.1 Å². The zero-order chi connectivity index (χ0) is 27.1. The molecule has 1 aromatic heterocycles. The minimum absolute atomic E-state index is 0.0559. The topological polar surface area (TPSA) is 62.7 Å². The Morgan fingerprint density at radius 1 is 1.03 bits per heavy atom. The largest absolute Gasteiger partial charge is 0.493 e. The average molecular weight is 525 g/mol. The number of hydrogen-bond acceptors (Lipinski definition) is 4. The van der Waals surface area contributed by atoms with Gasteiger partial charge in [-0.2, -0.15) is 0 Å². The summed E-state index contributed by atoms with van der Waals surface area (Å²) < 4.78 is 47.1. The predicted molar refractivity (Wildman–Crippen MR) is 140 cm³/mol. The summed E-state index contributed by atoms with van der Waals surface area (Å²) >= 11 is 0. The van der Waals surface area contributed by atoms with Gasteiger partial charge in [0.2, 0.25) is 0 Å². The monoisotopic (exact) mass is 524 g/mol. The number of ether oxygens (including phenoxy) is 1. The van der Waals surface area contributed by atoms with E-state index in [1.807, 2.05) is 31.2 Å². The van der Waals surface area contributed by atoms with Crippen molar-refractivity contribution in [2.24, 2.45) is 5.41 Å². The number of carbonyl (C=O) groups is 1. The van der Waals surface area contributed by atoms with Crippen LogP contribution in [-0.4, -0.2) is 41.7 Å². The molecule has 2 heterocycles. The molecule has 1 aliphatic carbocycles. The number of benzene rings is 2. The van der Waals surface area contributed by atoms with Gasteiger partial charge in [0.1, 0.15) is 11.6 Å². The highest BCUT2D eigenvalue weighted by Gasteiger charge is 2.70. The molecule has 0 bridgehead atoms. The number of aromatic nitrogens is 1. The number of rotatable bonds is 8. The molecule has 0 radical (unpaired) electrons. The molecule has 0 amide bonds. The van der Waals surface area contributed by atoms with E-state index in [4.69, 9.17) is 4.74 Å². The van der Waals surface area contributed by atoms with Gasteiger partial charge in [-0.25, -0.2) is 13.2 Å². The summed E-state index contributed by atoms with van der Waals surface area (Å²) in [5.74, 6) is -3.15. The van der Waals surface area contributed by atoms with E-state index in [-0.39, 0.29) is 18.7 Å². The van der Waals surface area contributed by atoms with Crippen LogP contribution in [0.5, 0.6) is 5.75 Å². The van der Waals surface area contributed by atoms with Gasteiger partial charge in [0.25, 0.3) is 5.92 Å². The normalized spacial score (nSPS) is 17.4. The van der Waals surface area contributed by atoms with E-state index in [1.165, 1.54) is 12.1 Å². The Morgan fingerprint density at radius 2 is 1.66 bits per heavy atom. The molecule has 2 aliphatic rings. The number of halogens is 3. The van der Waals surface area contributed by atoms with Crippen LogP contribution in [0.4, 0.5) is 18.9 Å². The van der Waals surface area contributed by atoms with Crippen molar-refractivity contribution in [1.82, 2.24) is 4.98 Å². The number of carboxylic acids is 1. The maximum Gasteiger partial charge on any atom is 0.307 e. The molecule has 0 unspecified atom stereocenters. The van der Waals surface area contributed by atoms with Crippen LogP contribution >= 0.6 is 0 Å². The third kappa shape index (κ3) is 5.08. The lowest BCUT2D eigenvalue weighted by Gasteiger charge is -2.37. The molecule has 3 aromatic rings. The van der Waals surface area contributed by atoms with Crippen molar-refractivity contribution in [1.29, 1.82) is 0 Å². The summed E-state index contributed by atoms with van der Waals surface area (Å²) in [5.41, 5.74) is 4.56. The van der Waals surface area contributed by atoms with Crippen molar-refractivity contribution in [3.63, 3.8) is 0 Å². The summed E-state index contributed by atoms with van der Waals surface area (Å²) in [6.45, 7) is 5.02. The van der Waals surface area contributed by atoms with Crippen molar-refractivity contribution >= 4 is 11.7 Å². The minimum Gasteiger partial charge on any atom is -0.493 e. The highest BCUT2D eigenvalue weighted by atomic mass is 19.3. The number of carboxylic acid groups (broad SMARTS) is 1. The van der Waals surface area contributed by atoms with E-state index in [0.717, 1.165) is 28.1 Å². The predicted octanol–water partition coefficient (Wildman–Crippen LogP) is 6.38. The third-order valence-corrected chi connectivity index (χ3v) is 7.95. The highest BCUT2D eigenvalue weighted by Crippen LogP contribution is 2.66. The first-order chi connectivity index (χ1) is 18.1. The van der Waals surface area contributed by atoms with Crippen LogP contribution in [-0.2, 0) is 17.6 Å². The Balaban J connectivity index is 1.40. The fourth-order valence-electron chi connectivity index (χ4n) is 5.66. The summed E-state index contributed by atoms with van der Waals surface area (Å²) in [4.78, 5) is 18.5. The van der Waals surface area contributed by atoms with Crippen molar-refractivity contribution in [3.05, 3.63) is 76.9 Å². The fourth-order valence-corrected chi connectivity index (χ4v) is 5.66. The van der Waals surface area contributed by atoms with E-state index in [2.05, 4.69) is 9.88 Å². The Bertz CT molecular complexity index is 1330.